The lowest BCUT2D eigenvalue weighted by Crippen LogP contribution is -2.44. The first-order valence-electron chi connectivity index (χ1n) is 5.93. The third kappa shape index (κ3) is 4.70. The standard InChI is InChI=1S/C14H16BrNO4/c1-3-8-20-14(19)16(2)12(13(17)18)9-10-4-6-11(15)7-5-10/h3-7,12H,1,8-9H2,2H3,(H,17,18). The van der Waals surface area contributed by atoms with Crippen LogP contribution in [0.5, 0.6) is 0 Å². The Morgan fingerprint density at radius 3 is 2.55 bits per heavy atom. The van der Waals surface area contributed by atoms with Crippen molar-refractivity contribution in [2.75, 3.05) is 13.7 Å². The Kier molecular flexibility index (Phi) is 6.24. The third-order valence-corrected chi connectivity index (χ3v) is 3.24. The summed E-state index contributed by atoms with van der Waals surface area (Å²) in [5.74, 6) is -1.08. The molecule has 0 aliphatic rings. The summed E-state index contributed by atoms with van der Waals surface area (Å²) in [6.07, 6.45) is 0.952. The smallest absolute Gasteiger partial charge is 0.410 e. The summed E-state index contributed by atoms with van der Waals surface area (Å²) in [6, 6.07) is 6.29. The monoisotopic (exact) mass is 341 g/mol. The number of carbonyl (C=O) groups excluding carboxylic acids is 1. The molecule has 0 bridgehead atoms. The SMILES string of the molecule is C=CCOC(=O)N(C)C(Cc1ccc(Br)cc1)C(=O)O. The van der Waals surface area contributed by atoms with E-state index in [0.717, 1.165) is 14.9 Å². The molecule has 20 heavy (non-hydrogen) atoms. The minimum atomic E-state index is -1.08. The van der Waals surface area contributed by atoms with Crippen LogP contribution in [0.25, 0.3) is 0 Å². The Bertz CT molecular complexity index is 486. The number of halogens is 1. The quantitative estimate of drug-likeness (QED) is 0.808. The van der Waals surface area contributed by atoms with Gasteiger partial charge in [0.05, 0.1) is 0 Å². The van der Waals surface area contributed by atoms with Crippen LogP contribution in [0.2, 0.25) is 0 Å². The predicted octanol–water partition coefficient (Wildman–Crippen LogP) is 2.70. The van der Waals surface area contributed by atoms with Gasteiger partial charge < -0.3 is 9.84 Å². The topological polar surface area (TPSA) is 66.8 Å². The van der Waals surface area contributed by atoms with E-state index in [1.54, 1.807) is 0 Å². The summed E-state index contributed by atoms with van der Waals surface area (Å²) in [6.45, 7) is 3.48. The number of carbonyl (C=O) groups is 2. The number of amides is 1. The molecular formula is C14H16BrNO4. The predicted molar refractivity (Wildman–Crippen MR) is 78.6 cm³/mol. The van der Waals surface area contributed by atoms with Crippen LogP contribution in [0.1, 0.15) is 5.56 Å². The van der Waals surface area contributed by atoms with E-state index in [4.69, 9.17) is 4.74 Å². The summed E-state index contributed by atoms with van der Waals surface area (Å²) in [5, 5.41) is 9.26. The van der Waals surface area contributed by atoms with E-state index in [-0.39, 0.29) is 13.0 Å². The number of rotatable bonds is 6. The van der Waals surface area contributed by atoms with Crippen molar-refractivity contribution < 1.29 is 19.4 Å². The normalized spacial score (nSPS) is 11.5. The van der Waals surface area contributed by atoms with E-state index < -0.39 is 18.1 Å². The highest BCUT2D eigenvalue weighted by molar-refractivity contribution is 9.10. The van der Waals surface area contributed by atoms with Crippen LogP contribution >= 0.6 is 15.9 Å². The maximum absolute atomic E-state index is 11.7. The van der Waals surface area contributed by atoms with Crippen molar-refractivity contribution >= 4 is 28.0 Å². The lowest BCUT2D eigenvalue weighted by Gasteiger charge is -2.24. The van der Waals surface area contributed by atoms with E-state index in [9.17, 15) is 14.7 Å². The van der Waals surface area contributed by atoms with Gasteiger partial charge in [0.15, 0.2) is 0 Å². The number of aliphatic carboxylic acids is 1. The molecule has 0 aliphatic heterocycles. The van der Waals surface area contributed by atoms with Gasteiger partial charge in [0.2, 0.25) is 0 Å². The second-order valence-electron chi connectivity index (χ2n) is 4.16. The highest BCUT2D eigenvalue weighted by atomic mass is 79.9. The fourth-order valence-electron chi connectivity index (χ4n) is 1.59. The molecule has 1 aromatic carbocycles. The Morgan fingerprint density at radius 2 is 2.05 bits per heavy atom. The van der Waals surface area contributed by atoms with E-state index >= 15 is 0 Å². The van der Waals surface area contributed by atoms with Crippen molar-refractivity contribution in [3.8, 4) is 0 Å². The van der Waals surface area contributed by atoms with E-state index in [1.165, 1.54) is 13.1 Å². The van der Waals surface area contributed by atoms with Crippen LogP contribution < -0.4 is 0 Å². The fraction of sp³-hybridized carbons (Fsp3) is 0.286. The number of hydrogen-bond donors (Lipinski definition) is 1. The van der Waals surface area contributed by atoms with Crippen LogP contribution in [0.4, 0.5) is 4.79 Å². The molecule has 5 nitrogen and oxygen atoms in total. The summed E-state index contributed by atoms with van der Waals surface area (Å²) in [5.41, 5.74) is 0.823. The molecule has 6 heteroatoms. The molecule has 108 valence electrons. The van der Waals surface area contributed by atoms with Gasteiger partial charge in [-0.25, -0.2) is 9.59 Å². The lowest BCUT2D eigenvalue weighted by atomic mass is 10.1. The van der Waals surface area contributed by atoms with Crippen molar-refractivity contribution in [2.24, 2.45) is 0 Å². The molecule has 0 spiro atoms. The van der Waals surface area contributed by atoms with Crippen molar-refractivity contribution in [1.82, 2.24) is 4.90 Å². The Morgan fingerprint density at radius 1 is 1.45 bits per heavy atom. The summed E-state index contributed by atoms with van der Waals surface area (Å²) < 4.78 is 5.75. The number of benzene rings is 1. The number of carboxylic acid groups (broad SMARTS) is 1. The second kappa shape index (κ2) is 7.69. The Balaban J connectivity index is 2.78. The largest absolute Gasteiger partial charge is 0.480 e. The molecule has 0 saturated heterocycles. The Labute approximate surface area is 126 Å². The van der Waals surface area contributed by atoms with Crippen LogP contribution in [0.15, 0.2) is 41.4 Å². The summed E-state index contributed by atoms with van der Waals surface area (Å²) in [7, 11) is 1.41. The number of nitrogens with zero attached hydrogens (tertiary/aromatic N) is 1. The van der Waals surface area contributed by atoms with Crippen molar-refractivity contribution in [3.63, 3.8) is 0 Å². The van der Waals surface area contributed by atoms with Gasteiger partial charge in [-0.3, -0.25) is 4.90 Å². The van der Waals surface area contributed by atoms with Gasteiger partial charge in [0, 0.05) is 17.9 Å². The molecule has 0 radical (unpaired) electrons. The first-order chi connectivity index (χ1) is 9.45. The molecule has 0 aliphatic carbocycles. The van der Waals surface area contributed by atoms with E-state index in [2.05, 4.69) is 22.5 Å². The summed E-state index contributed by atoms with van der Waals surface area (Å²) >= 11 is 3.31. The van der Waals surface area contributed by atoms with Gasteiger partial charge in [0.25, 0.3) is 0 Å². The maximum Gasteiger partial charge on any atom is 0.410 e. The number of carboxylic acids is 1. The van der Waals surface area contributed by atoms with Gasteiger partial charge >= 0.3 is 12.1 Å². The molecular weight excluding hydrogens is 326 g/mol. The molecule has 1 amide bonds. The van der Waals surface area contributed by atoms with Gasteiger partial charge in [-0.05, 0) is 17.7 Å². The highest BCUT2D eigenvalue weighted by Gasteiger charge is 2.27. The average Bonchev–Trinajstić information content (AvgIpc) is 2.43. The molecule has 1 unspecified atom stereocenters. The fourth-order valence-corrected chi connectivity index (χ4v) is 1.86. The third-order valence-electron chi connectivity index (χ3n) is 2.71. The van der Waals surface area contributed by atoms with E-state index in [1.807, 2.05) is 24.3 Å². The van der Waals surface area contributed by atoms with Gasteiger partial charge in [-0.2, -0.15) is 0 Å². The van der Waals surface area contributed by atoms with Crippen LogP contribution in [-0.2, 0) is 16.0 Å². The molecule has 1 N–H and O–H groups in total. The van der Waals surface area contributed by atoms with Crippen LogP contribution in [0, 0.1) is 0 Å². The van der Waals surface area contributed by atoms with Gasteiger partial charge in [0.1, 0.15) is 12.6 Å². The minimum absolute atomic E-state index is 0.0494. The zero-order valence-corrected chi connectivity index (χ0v) is 12.7. The number of likely N-dealkylation sites (N-methyl/N-ethyl adjacent to an activating group) is 1. The molecule has 1 rings (SSSR count). The molecule has 0 aromatic heterocycles. The molecule has 1 atom stereocenters. The maximum atomic E-state index is 11.7. The van der Waals surface area contributed by atoms with Crippen LogP contribution in [0.3, 0.4) is 0 Å². The lowest BCUT2D eigenvalue weighted by molar-refractivity contribution is -0.142. The average molecular weight is 342 g/mol. The van der Waals surface area contributed by atoms with Gasteiger partial charge in [-0.15, -0.1) is 0 Å². The molecule has 0 fully saturated rings. The minimum Gasteiger partial charge on any atom is -0.480 e. The molecule has 0 saturated carbocycles. The summed E-state index contributed by atoms with van der Waals surface area (Å²) in [4.78, 5) is 24.1. The van der Waals surface area contributed by atoms with Crippen molar-refractivity contribution in [2.45, 2.75) is 12.5 Å². The number of ether oxygens (including phenoxy) is 1. The molecule has 0 heterocycles. The van der Waals surface area contributed by atoms with Crippen molar-refractivity contribution in [1.29, 1.82) is 0 Å². The number of hydrogen-bond acceptors (Lipinski definition) is 3. The first-order valence-corrected chi connectivity index (χ1v) is 6.72. The van der Waals surface area contributed by atoms with Crippen LogP contribution in [-0.4, -0.2) is 41.8 Å². The Hall–Kier alpha value is -1.82. The first kappa shape index (κ1) is 16.2. The van der Waals surface area contributed by atoms with Crippen molar-refractivity contribution in [3.05, 3.63) is 47.0 Å². The zero-order chi connectivity index (χ0) is 15.1. The van der Waals surface area contributed by atoms with Gasteiger partial charge in [-0.1, -0.05) is 40.7 Å². The van der Waals surface area contributed by atoms with E-state index in [0.29, 0.717) is 0 Å². The second-order valence-corrected chi connectivity index (χ2v) is 5.08. The molecule has 1 aromatic rings. The zero-order valence-electron chi connectivity index (χ0n) is 11.1. The highest BCUT2D eigenvalue weighted by Crippen LogP contribution is 2.14.